The Morgan fingerprint density at radius 2 is 1.96 bits per heavy atom. The van der Waals surface area contributed by atoms with Crippen molar-refractivity contribution in [1.82, 2.24) is 9.88 Å². The molecule has 0 spiro atoms. The van der Waals surface area contributed by atoms with Gasteiger partial charge in [-0.25, -0.2) is 9.37 Å². The molecule has 0 N–H and O–H groups in total. The highest BCUT2D eigenvalue weighted by Gasteiger charge is 2.25. The Labute approximate surface area is 170 Å². The highest BCUT2D eigenvalue weighted by Crippen LogP contribution is 2.30. The van der Waals surface area contributed by atoms with E-state index in [1.807, 2.05) is 0 Å². The van der Waals surface area contributed by atoms with Gasteiger partial charge in [-0.05, 0) is 42.5 Å². The van der Waals surface area contributed by atoms with Crippen LogP contribution in [0.4, 0.5) is 4.39 Å². The van der Waals surface area contributed by atoms with Gasteiger partial charge in [-0.2, -0.15) is 0 Å². The molecular weight excluding hydrogens is 403 g/mol. The third kappa shape index (κ3) is 4.54. The van der Waals surface area contributed by atoms with Crippen molar-refractivity contribution in [3.05, 3.63) is 53.3 Å². The van der Waals surface area contributed by atoms with Gasteiger partial charge in [0.1, 0.15) is 17.7 Å². The molecule has 2 heterocycles. The van der Waals surface area contributed by atoms with Crippen LogP contribution >= 0.6 is 22.9 Å². The van der Waals surface area contributed by atoms with Crippen molar-refractivity contribution < 1.29 is 18.7 Å². The fourth-order valence-electron chi connectivity index (χ4n) is 3.06. The minimum Gasteiger partial charge on any atom is -0.484 e. The first kappa shape index (κ1) is 19.0. The number of ether oxygens (including phenoxy) is 2. The van der Waals surface area contributed by atoms with E-state index < -0.39 is 0 Å². The molecule has 1 aromatic heterocycles. The molecule has 0 saturated carbocycles. The third-order valence-electron chi connectivity index (χ3n) is 4.57. The molecule has 0 atom stereocenters. The number of benzene rings is 2. The van der Waals surface area contributed by atoms with Gasteiger partial charge in [0, 0.05) is 31.0 Å². The molecule has 0 aliphatic carbocycles. The lowest BCUT2D eigenvalue weighted by Gasteiger charge is -2.31. The number of hydrogen-bond acceptors (Lipinski definition) is 5. The fraction of sp³-hybridized carbons (Fsp3) is 0.300. The smallest absolute Gasteiger partial charge is 0.274 e. The van der Waals surface area contributed by atoms with E-state index in [1.165, 1.54) is 23.5 Å². The van der Waals surface area contributed by atoms with Crippen molar-refractivity contribution in [2.45, 2.75) is 18.9 Å². The van der Waals surface area contributed by atoms with Crippen LogP contribution in [-0.2, 0) is 4.79 Å². The van der Waals surface area contributed by atoms with Gasteiger partial charge in [-0.15, -0.1) is 0 Å². The Kier molecular flexibility index (Phi) is 5.64. The molecule has 1 amide bonds. The van der Waals surface area contributed by atoms with Crippen LogP contribution in [0.2, 0.25) is 5.02 Å². The summed E-state index contributed by atoms with van der Waals surface area (Å²) in [7, 11) is 0. The van der Waals surface area contributed by atoms with Crippen molar-refractivity contribution in [3.8, 4) is 10.9 Å². The zero-order valence-corrected chi connectivity index (χ0v) is 16.5. The molecule has 2 aromatic carbocycles. The number of amides is 1. The van der Waals surface area contributed by atoms with E-state index in [2.05, 4.69) is 4.98 Å². The number of rotatable bonds is 5. The second-order valence-corrected chi connectivity index (χ2v) is 7.96. The van der Waals surface area contributed by atoms with Crippen LogP contribution in [0.25, 0.3) is 10.2 Å². The van der Waals surface area contributed by atoms with E-state index in [1.54, 1.807) is 35.2 Å². The number of hydrogen-bond donors (Lipinski definition) is 0. The number of thiazole rings is 1. The van der Waals surface area contributed by atoms with Crippen molar-refractivity contribution in [2.24, 2.45) is 0 Å². The van der Waals surface area contributed by atoms with Gasteiger partial charge in [0.15, 0.2) is 6.61 Å². The Bertz CT molecular complexity index is 971. The maximum atomic E-state index is 13.3. The number of carbonyl (C=O) groups is 1. The molecule has 1 fully saturated rings. The molecule has 8 heteroatoms. The summed E-state index contributed by atoms with van der Waals surface area (Å²) >= 11 is 7.17. The number of likely N-dealkylation sites (tertiary alicyclic amines) is 1. The molecule has 1 aliphatic rings. The molecule has 1 aliphatic heterocycles. The van der Waals surface area contributed by atoms with Crippen LogP contribution in [0, 0.1) is 5.82 Å². The average Bonchev–Trinajstić information content (AvgIpc) is 3.09. The molecular formula is C20H18ClFN2O3S. The predicted molar refractivity (Wildman–Crippen MR) is 107 cm³/mol. The minimum absolute atomic E-state index is 0.00338. The van der Waals surface area contributed by atoms with E-state index in [9.17, 15) is 9.18 Å². The molecule has 0 radical (unpaired) electrons. The van der Waals surface area contributed by atoms with Crippen LogP contribution in [0.1, 0.15) is 12.8 Å². The maximum Gasteiger partial charge on any atom is 0.274 e. The van der Waals surface area contributed by atoms with Gasteiger partial charge in [0.05, 0.1) is 10.2 Å². The highest BCUT2D eigenvalue weighted by molar-refractivity contribution is 7.20. The zero-order valence-electron chi connectivity index (χ0n) is 14.9. The summed E-state index contributed by atoms with van der Waals surface area (Å²) in [4.78, 5) is 18.5. The first-order valence-electron chi connectivity index (χ1n) is 8.96. The number of carbonyl (C=O) groups excluding carboxylic acids is 1. The van der Waals surface area contributed by atoms with E-state index in [0.717, 1.165) is 23.1 Å². The SMILES string of the molecule is O=C(COc1ccc(Cl)cc1)N1CCC(Oc2nc3ccc(F)cc3s2)CC1. The molecule has 28 heavy (non-hydrogen) atoms. The second kappa shape index (κ2) is 8.32. The summed E-state index contributed by atoms with van der Waals surface area (Å²) in [6.45, 7) is 1.20. The first-order chi connectivity index (χ1) is 13.6. The monoisotopic (exact) mass is 420 g/mol. The van der Waals surface area contributed by atoms with Crippen LogP contribution in [0.3, 0.4) is 0 Å². The van der Waals surface area contributed by atoms with Gasteiger partial charge >= 0.3 is 0 Å². The van der Waals surface area contributed by atoms with Crippen molar-refractivity contribution in [2.75, 3.05) is 19.7 Å². The summed E-state index contributed by atoms with van der Waals surface area (Å²) in [6.07, 6.45) is 1.43. The molecule has 0 unspecified atom stereocenters. The van der Waals surface area contributed by atoms with Crippen LogP contribution in [0.15, 0.2) is 42.5 Å². The van der Waals surface area contributed by atoms with Crippen LogP contribution < -0.4 is 9.47 Å². The Morgan fingerprint density at radius 3 is 2.71 bits per heavy atom. The van der Waals surface area contributed by atoms with Crippen LogP contribution in [0.5, 0.6) is 10.9 Å². The van der Waals surface area contributed by atoms with Crippen molar-refractivity contribution in [1.29, 1.82) is 0 Å². The first-order valence-corrected chi connectivity index (χ1v) is 10.2. The predicted octanol–water partition coefficient (Wildman–Crippen LogP) is 4.54. The Hall–Kier alpha value is -2.38. The lowest BCUT2D eigenvalue weighted by Crippen LogP contribution is -2.43. The zero-order chi connectivity index (χ0) is 19.5. The summed E-state index contributed by atoms with van der Waals surface area (Å²) in [6, 6.07) is 11.4. The van der Waals surface area contributed by atoms with Gasteiger partial charge in [-0.1, -0.05) is 22.9 Å². The van der Waals surface area contributed by atoms with Gasteiger partial charge in [0.25, 0.3) is 11.1 Å². The van der Waals surface area contributed by atoms with E-state index in [0.29, 0.717) is 29.1 Å². The van der Waals surface area contributed by atoms with Gasteiger partial charge in [0.2, 0.25) is 0 Å². The number of nitrogens with zero attached hydrogens (tertiary/aromatic N) is 2. The molecule has 5 nitrogen and oxygen atoms in total. The Morgan fingerprint density at radius 1 is 1.21 bits per heavy atom. The minimum atomic E-state index is -0.282. The van der Waals surface area contributed by atoms with E-state index in [-0.39, 0.29) is 24.4 Å². The lowest BCUT2D eigenvalue weighted by molar-refractivity contribution is -0.135. The molecule has 146 valence electrons. The van der Waals surface area contributed by atoms with Gasteiger partial charge < -0.3 is 14.4 Å². The summed E-state index contributed by atoms with van der Waals surface area (Å²) in [5.41, 5.74) is 0.730. The summed E-state index contributed by atoms with van der Waals surface area (Å²) < 4.78 is 25.5. The normalized spacial score (nSPS) is 15.0. The van der Waals surface area contributed by atoms with Crippen molar-refractivity contribution in [3.63, 3.8) is 0 Å². The molecule has 4 rings (SSSR count). The topological polar surface area (TPSA) is 51.7 Å². The maximum absolute atomic E-state index is 13.3. The van der Waals surface area contributed by atoms with E-state index >= 15 is 0 Å². The lowest BCUT2D eigenvalue weighted by atomic mass is 10.1. The Balaban J connectivity index is 1.26. The molecule has 1 saturated heterocycles. The van der Waals surface area contributed by atoms with Crippen LogP contribution in [-0.4, -0.2) is 41.6 Å². The third-order valence-corrected chi connectivity index (χ3v) is 5.73. The van der Waals surface area contributed by atoms with E-state index in [4.69, 9.17) is 21.1 Å². The average molecular weight is 421 g/mol. The number of fused-ring (bicyclic) bond motifs is 1. The number of halogens is 2. The number of aromatic nitrogens is 1. The fourth-order valence-corrected chi connectivity index (χ4v) is 4.09. The standard InChI is InChI=1S/C20H18ClFN2O3S/c21-13-1-4-15(5-2-13)26-12-19(25)24-9-7-16(8-10-24)27-20-23-17-6-3-14(22)11-18(17)28-20/h1-6,11,16H,7-10,12H2. The highest BCUT2D eigenvalue weighted by atomic mass is 35.5. The largest absolute Gasteiger partial charge is 0.484 e. The molecule has 0 bridgehead atoms. The number of piperidine rings is 1. The second-order valence-electron chi connectivity index (χ2n) is 6.53. The molecule has 3 aromatic rings. The summed E-state index contributed by atoms with van der Waals surface area (Å²) in [5.74, 6) is 0.280. The summed E-state index contributed by atoms with van der Waals surface area (Å²) in [5, 5.41) is 1.16. The quantitative estimate of drug-likeness (QED) is 0.608. The van der Waals surface area contributed by atoms with Gasteiger partial charge in [-0.3, -0.25) is 4.79 Å². The van der Waals surface area contributed by atoms with Crippen molar-refractivity contribution >= 4 is 39.1 Å².